The summed E-state index contributed by atoms with van der Waals surface area (Å²) in [6.45, 7) is 0.867. The van der Waals surface area contributed by atoms with Crippen LogP contribution in [0.5, 0.6) is 0 Å². The Morgan fingerprint density at radius 1 is 1.07 bits per heavy atom. The van der Waals surface area contributed by atoms with Crippen molar-refractivity contribution in [2.24, 2.45) is 5.73 Å². The van der Waals surface area contributed by atoms with Crippen LogP contribution in [0, 0.1) is 0 Å². The minimum atomic E-state index is -0.606. The number of halogens is 1. The zero-order valence-electron chi connectivity index (χ0n) is 22.3. The molecular formula is C31H28ClN5O4. The van der Waals surface area contributed by atoms with E-state index in [1.54, 1.807) is 42.1 Å². The Bertz CT molecular complexity index is 1660. The van der Waals surface area contributed by atoms with E-state index in [1.165, 1.54) is 6.08 Å². The van der Waals surface area contributed by atoms with Crippen LogP contribution < -0.4 is 16.4 Å². The van der Waals surface area contributed by atoms with Crippen molar-refractivity contribution < 1.29 is 19.1 Å². The zero-order chi connectivity index (χ0) is 28.9. The van der Waals surface area contributed by atoms with E-state index in [9.17, 15) is 14.4 Å². The number of aromatic nitrogens is 2. The summed E-state index contributed by atoms with van der Waals surface area (Å²) in [5.74, 6) is -1.15. The second-order valence-corrected chi connectivity index (χ2v) is 9.87. The van der Waals surface area contributed by atoms with Gasteiger partial charge in [-0.3, -0.25) is 14.4 Å². The Hall–Kier alpha value is -4.73. The number of primary amides is 1. The van der Waals surface area contributed by atoms with Crippen molar-refractivity contribution in [2.75, 3.05) is 25.6 Å². The summed E-state index contributed by atoms with van der Waals surface area (Å²) in [5.41, 5.74) is 11.8. The number of ether oxygens (including phenoxy) is 1. The first-order chi connectivity index (χ1) is 19.9. The summed E-state index contributed by atoms with van der Waals surface area (Å²) in [7, 11) is 1.57. The van der Waals surface area contributed by atoms with Crippen LogP contribution in [0.2, 0.25) is 5.02 Å². The van der Waals surface area contributed by atoms with Crippen molar-refractivity contribution in [1.29, 1.82) is 0 Å². The maximum atomic E-state index is 12.9. The van der Waals surface area contributed by atoms with E-state index in [4.69, 9.17) is 22.1 Å². The molecule has 0 radical (unpaired) electrons. The number of fused-ring (bicyclic) bond motifs is 3. The molecule has 3 amide bonds. The van der Waals surface area contributed by atoms with E-state index in [1.807, 2.05) is 42.5 Å². The number of amides is 3. The molecule has 9 nitrogen and oxygen atoms in total. The number of rotatable bonds is 9. The molecule has 1 aliphatic carbocycles. The highest BCUT2D eigenvalue weighted by Gasteiger charge is 2.28. The van der Waals surface area contributed by atoms with Crippen LogP contribution in [0.1, 0.15) is 37.5 Å². The molecule has 1 aromatic heterocycles. The van der Waals surface area contributed by atoms with E-state index >= 15 is 0 Å². The van der Waals surface area contributed by atoms with Gasteiger partial charge in [0.2, 0.25) is 5.91 Å². The van der Waals surface area contributed by atoms with E-state index in [-0.39, 0.29) is 17.5 Å². The number of carbonyl (C=O) groups is 3. The average molecular weight is 570 g/mol. The molecule has 1 aliphatic rings. The van der Waals surface area contributed by atoms with Gasteiger partial charge >= 0.3 is 0 Å². The fourth-order valence-corrected chi connectivity index (χ4v) is 5.00. The average Bonchev–Trinajstić information content (AvgIpc) is 3.37. The quantitative estimate of drug-likeness (QED) is 0.203. The van der Waals surface area contributed by atoms with Gasteiger partial charge in [0.05, 0.1) is 28.6 Å². The van der Waals surface area contributed by atoms with Crippen LogP contribution in [-0.2, 0) is 22.4 Å². The molecule has 10 heteroatoms. The first kappa shape index (κ1) is 27.8. The standard InChI is InChI=1S/C31H28ClN5O4/c1-41-17-16-34-27(38)15-8-19-6-12-22(13-7-19)37-29-24(28(36-37)30(33)39)14-10-20-9-11-21(18-25(20)29)35-31(40)23-4-2-3-5-26(23)32/h2-9,11-13,15,18H,10,14,16-17H2,1H3,(H2,33,39)(H,34,38)(H,35,40). The van der Waals surface area contributed by atoms with Crippen molar-refractivity contribution in [3.8, 4) is 16.9 Å². The minimum Gasteiger partial charge on any atom is -0.383 e. The molecule has 0 saturated carbocycles. The predicted molar refractivity (Wildman–Crippen MR) is 158 cm³/mol. The number of methoxy groups -OCH3 is 1. The number of nitrogens with one attached hydrogen (secondary N) is 2. The number of carbonyl (C=O) groups excluding carboxylic acids is 3. The minimum absolute atomic E-state index is 0.215. The molecule has 0 aliphatic heterocycles. The summed E-state index contributed by atoms with van der Waals surface area (Å²) in [6.07, 6.45) is 4.47. The van der Waals surface area contributed by atoms with Crippen LogP contribution in [0.15, 0.2) is 72.8 Å². The summed E-state index contributed by atoms with van der Waals surface area (Å²) in [6, 6.07) is 20.0. The molecule has 1 heterocycles. The monoisotopic (exact) mass is 569 g/mol. The third-order valence-electron chi connectivity index (χ3n) is 6.77. The fraction of sp³-hybridized carbons (Fsp3) is 0.161. The van der Waals surface area contributed by atoms with Crippen molar-refractivity contribution in [2.45, 2.75) is 12.8 Å². The smallest absolute Gasteiger partial charge is 0.269 e. The van der Waals surface area contributed by atoms with Gasteiger partial charge in [0.1, 0.15) is 0 Å². The highest BCUT2D eigenvalue weighted by Crippen LogP contribution is 2.38. The Morgan fingerprint density at radius 3 is 2.59 bits per heavy atom. The molecule has 0 unspecified atom stereocenters. The van der Waals surface area contributed by atoms with Crippen molar-refractivity contribution in [1.82, 2.24) is 15.1 Å². The predicted octanol–water partition coefficient (Wildman–Crippen LogP) is 4.42. The van der Waals surface area contributed by atoms with Crippen molar-refractivity contribution >= 4 is 41.1 Å². The fourth-order valence-electron chi connectivity index (χ4n) is 4.78. The van der Waals surface area contributed by atoms with Gasteiger partial charge in [-0.25, -0.2) is 4.68 Å². The van der Waals surface area contributed by atoms with Gasteiger partial charge in [-0.2, -0.15) is 5.10 Å². The second-order valence-electron chi connectivity index (χ2n) is 9.47. The Morgan fingerprint density at radius 2 is 1.85 bits per heavy atom. The van der Waals surface area contributed by atoms with Gasteiger partial charge in [0, 0.05) is 36.5 Å². The van der Waals surface area contributed by atoms with Gasteiger partial charge in [0.15, 0.2) is 5.69 Å². The maximum absolute atomic E-state index is 12.9. The Kier molecular flexibility index (Phi) is 8.28. The highest BCUT2D eigenvalue weighted by atomic mass is 35.5. The lowest BCUT2D eigenvalue weighted by Gasteiger charge is -2.20. The maximum Gasteiger partial charge on any atom is 0.269 e. The molecule has 4 N–H and O–H groups in total. The lowest BCUT2D eigenvalue weighted by molar-refractivity contribution is -0.116. The van der Waals surface area contributed by atoms with Crippen molar-refractivity contribution in [3.63, 3.8) is 0 Å². The molecule has 208 valence electrons. The Labute approximate surface area is 242 Å². The van der Waals surface area contributed by atoms with Crippen molar-refractivity contribution in [3.05, 3.63) is 106 Å². The summed E-state index contributed by atoms with van der Waals surface area (Å²) >= 11 is 6.22. The summed E-state index contributed by atoms with van der Waals surface area (Å²) in [5, 5.41) is 10.6. The summed E-state index contributed by atoms with van der Waals surface area (Å²) in [4.78, 5) is 37.2. The number of aryl methyl sites for hydroxylation is 1. The van der Waals surface area contributed by atoms with E-state index in [0.717, 1.165) is 27.9 Å². The number of anilines is 1. The number of benzene rings is 3. The molecule has 0 saturated heterocycles. The number of hydrogen-bond donors (Lipinski definition) is 3. The SMILES string of the molecule is COCCNC(=O)C=Cc1ccc(-n2nc(C(N)=O)c3c2-c2cc(NC(=O)c4ccccc4Cl)ccc2CC3)cc1. The van der Waals surface area contributed by atoms with Crippen LogP contribution in [0.4, 0.5) is 5.69 Å². The van der Waals surface area contributed by atoms with E-state index in [0.29, 0.717) is 48.0 Å². The lowest BCUT2D eigenvalue weighted by Crippen LogP contribution is -2.24. The third-order valence-corrected chi connectivity index (χ3v) is 7.10. The molecule has 0 fully saturated rings. The molecular weight excluding hydrogens is 542 g/mol. The highest BCUT2D eigenvalue weighted by molar-refractivity contribution is 6.34. The Balaban J connectivity index is 1.47. The van der Waals surface area contributed by atoms with Gasteiger partial charge in [-0.05, 0) is 66.4 Å². The van der Waals surface area contributed by atoms with Gasteiger partial charge in [-0.15, -0.1) is 0 Å². The molecule has 4 aromatic rings. The van der Waals surface area contributed by atoms with Gasteiger partial charge < -0.3 is 21.1 Å². The second kappa shape index (κ2) is 12.2. The zero-order valence-corrected chi connectivity index (χ0v) is 23.1. The van der Waals surface area contributed by atoms with Crippen LogP contribution in [0.25, 0.3) is 23.0 Å². The van der Waals surface area contributed by atoms with Crippen LogP contribution in [-0.4, -0.2) is 47.8 Å². The third kappa shape index (κ3) is 6.06. The molecule has 0 atom stereocenters. The number of nitrogens with zero attached hydrogens (tertiary/aromatic N) is 2. The number of hydrogen-bond acceptors (Lipinski definition) is 5. The largest absolute Gasteiger partial charge is 0.383 e. The van der Waals surface area contributed by atoms with E-state index in [2.05, 4.69) is 15.7 Å². The number of nitrogens with two attached hydrogens (primary N) is 1. The van der Waals surface area contributed by atoms with Crippen LogP contribution in [0.3, 0.4) is 0 Å². The first-order valence-corrected chi connectivity index (χ1v) is 13.4. The normalized spacial score (nSPS) is 12.0. The molecule has 3 aromatic carbocycles. The first-order valence-electron chi connectivity index (χ1n) is 13.0. The molecule has 5 rings (SSSR count). The lowest BCUT2D eigenvalue weighted by atomic mass is 9.88. The molecule has 41 heavy (non-hydrogen) atoms. The topological polar surface area (TPSA) is 128 Å². The van der Waals surface area contributed by atoms with Gasteiger partial charge in [0.25, 0.3) is 11.8 Å². The van der Waals surface area contributed by atoms with E-state index < -0.39 is 5.91 Å². The van der Waals surface area contributed by atoms with Crippen LogP contribution >= 0.6 is 11.6 Å². The summed E-state index contributed by atoms with van der Waals surface area (Å²) < 4.78 is 6.64. The molecule has 0 spiro atoms. The molecule has 0 bridgehead atoms. The van der Waals surface area contributed by atoms with Gasteiger partial charge in [-0.1, -0.05) is 41.9 Å².